The van der Waals surface area contributed by atoms with Gasteiger partial charge in [0.1, 0.15) is 0 Å². The SMILES string of the molecule is O=C(NC[C@@H]1CCCN(C2CCCC2)C1)[C@@H]1CCCN1. The van der Waals surface area contributed by atoms with E-state index in [1.807, 2.05) is 0 Å². The molecule has 0 unspecified atom stereocenters. The summed E-state index contributed by atoms with van der Waals surface area (Å²) in [5.74, 6) is 0.884. The molecule has 1 saturated carbocycles. The molecule has 2 aliphatic heterocycles. The average molecular weight is 279 g/mol. The minimum atomic E-state index is 0.0736. The van der Waals surface area contributed by atoms with Crippen molar-refractivity contribution < 1.29 is 4.79 Å². The molecule has 2 N–H and O–H groups in total. The first-order valence-electron chi connectivity index (χ1n) is 8.58. The lowest BCUT2D eigenvalue weighted by atomic mass is 9.96. The van der Waals surface area contributed by atoms with Crippen LogP contribution in [0.15, 0.2) is 0 Å². The molecular formula is C16H29N3O. The fourth-order valence-corrected chi connectivity index (χ4v) is 4.14. The molecule has 114 valence electrons. The number of carbonyl (C=O) groups is 1. The summed E-state index contributed by atoms with van der Waals surface area (Å²) < 4.78 is 0. The van der Waals surface area contributed by atoms with E-state index in [1.54, 1.807) is 0 Å². The number of hydrogen-bond acceptors (Lipinski definition) is 3. The van der Waals surface area contributed by atoms with E-state index < -0.39 is 0 Å². The molecule has 0 radical (unpaired) electrons. The van der Waals surface area contributed by atoms with E-state index in [9.17, 15) is 4.79 Å². The van der Waals surface area contributed by atoms with Crippen LogP contribution in [0, 0.1) is 5.92 Å². The minimum Gasteiger partial charge on any atom is -0.354 e. The number of rotatable bonds is 4. The Morgan fingerprint density at radius 1 is 1.10 bits per heavy atom. The lowest BCUT2D eigenvalue weighted by Crippen LogP contribution is -2.47. The van der Waals surface area contributed by atoms with Crippen molar-refractivity contribution in [2.75, 3.05) is 26.2 Å². The molecule has 1 aliphatic carbocycles. The second kappa shape index (κ2) is 6.90. The third kappa shape index (κ3) is 3.53. The predicted octanol–water partition coefficient (Wildman–Crippen LogP) is 1.51. The van der Waals surface area contributed by atoms with Crippen LogP contribution in [0.1, 0.15) is 51.4 Å². The Morgan fingerprint density at radius 3 is 2.70 bits per heavy atom. The van der Waals surface area contributed by atoms with Crippen LogP contribution >= 0.6 is 0 Å². The van der Waals surface area contributed by atoms with E-state index in [4.69, 9.17) is 0 Å². The van der Waals surface area contributed by atoms with Gasteiger partial charge in [-0.1, -0.05) is 12.8 Å². The van der Waals surface area contributed by atoms with Crippen molar-refractivity contribution in [1.29, 1.82) is 0 Å². The van der Waals surface area contributed by atoms with Gasteiger partial charge in [0.15, 0.2) is 0 Å². The quantitative estimate of drug-likeness (QED) is 0.820. The van der Waals surface area contributed by atoms with Gasteiger partial charge in [-0.15, -0.1) is 0 Å². The molecule has 3 rings (SSSR count). The molecule has 20 heavy (non-hydrogen) atoms. The summed E-state index contributed by atoms with van der Waals surface area (Å²) in [6.45, 7) is 4.35. The van der Waals surface area contributed by atoms with Gasteiger partial charge < -0.3 is 15.5 Å². The molecule has 2 heterocycles. The van der Waals surface area contributed by atoms with Crippen molar-refractivity contribution in [3.05, 3.63) is 0 Å². The molecule has 0 aromatic carbocycles. The Hall–Kier alpha value is -0.610. The summed E-state index contributed by atoms with van der Waals surface area (Å²) in [5, 5.41) is 6.45. The largest absolute Gasteiger partial charge is 0.354 e. The van der Waals surface area contributed by atoms with Crippen LogP contribution in [0.2, 0.25) is 0 Å². The van der Waals surface area contributed by atoms with Crippen molar-refractivity contribution in [2.24, 2.45) is 5.92 Å². The van der Waals surface area contributed by atoms with E-state index in [1.165, 1.54) is 51.6 Å². The topological polar surface area (TPSA) is 44.4 Å². The monoisotopic (exact) mass is 279 g/mol. The molecule has 3 fully saturated rings. The molecule has 1 amide bonds. The van der Waals surface area contributed by atoms with Crippen molar-refractivity contribution >= 4 is 5.91 Å². The third-order valence-corrected chi connectivity index (χ3v) is 5.33. The number of likely N-dealkylation sites (tertiary alicyclic amines) is 1. The molecule has 0 aromatic heterocycles. The minimum absolute atomic E-state index is 0.0736. The zero-order valence-corrected chi connectivity index (χ0v) is 12.6. The van der Waals surface area contributed by atoms with E-state index in [2.05, 4.69) is 15.5 Å². The number of nitrogens with zero attached hydrogens (tertiary/aromatic N) is 1. The lowest BCUT2D eigenvalue weighted by molar-refractivity contribution is -0.123. The first-order valence-corrected chi connectivity index (χ1v) is 8.58. The zero-order valence-electron chi connectivity index (χ0n) is 12.6. The summed E-state index contributed by atoms with van der Waals surface area (Å²) in [7, 11) is 0. The number of carbonyl (C=O) groups excluding carboxylic acids is 1. The number of amides is 1. The maximum atomic E-state index is 12.0. The van der Waals surface area contributed by atoms with Gasteiger partial charge in [-0.3, -0.25) is 4.79 Å². The first kappa shape index (κ1) is 14.3. The highest BCUT2D eigenvalue weighted by atomic mass is 16.2. The summed E-state index contributed by atoms with van der Waals surface area (Å²) >= 11 is 0. The molecule has 3 aliphatic rings. The van der Waals surface area contributed by atoms with Crippen LogP contribution in [0.4, 0.5) is 0 Å². The summed E-state index contributed by atoms with van der Waals surface area (Å²) in [6.07, 6.45) is 10.3. The van der Waals surface area contributed by atoms with Gasteiger partial charge in [0, 0.05) is 19.1 Å². The second-order valence-electron chi connectivity index (χ2n) is 6.84. The third-order valence-electron chi connectivity index (χ3n) is 5.33. The maximum Gasteiger partial charge on any atom is 0.237 e. The molecule has 4 nitrogen and oxygen atoms in total. The average Bonchev–Trinajstić information content (AvgIpc) is 3.17. The van der Waals surface area contributed by atoms with Crippen molar-refractivity contribution in [1.82, 2.24) is 15.5 Å². The van der Waals surface area contributed by atoms with Crippen LogP contribution in [0.3, 0.4) is 0 Å². The summed E-state index contributed by atoms with van der Waals surface area (Å²) in [4.78, 5) is 14.7. The summed E-state index contributed by atoms with van der Waals surface area (Å²) in [5.41, 5.74) is 0. The molecule has 2 atom stereocenters. The fourth-order valence-electron chi connectivity index (χ4n) is 4.14. The Balaban J connectivity index is 1.41. The number of hydrogen-bond donors (Lipinski definition) is 2. The van der Waals surface area contributed by atoms with Crippen LogP contribution < -0.4 is 10.6 Å². The molecule has 4 heteroatoms. The lowest BCUT2D eigenvalue weighted by Gasteiger charge is -2.37. The second-order valence-corrected chi connectivity index (χ2v) is 6.84. The van der Waals surface area contributed by atoms with Gasteiger partial charge in [-0.2, -0.15) is 0 Å². The van der Waals surface area contributed by atoms with Gasteiger partial charge in [0.2, 0.25) is 5.91 Å². The van der Waals surface area contributed by atoms with Gasteiger partial charge in [0.05, 0.1) is 6.04 Å². The normalized spacial score (nSPS) is 32.6. The highest BCUT2D eigenvalue weighted by Gasteiger charge is 2.28. The molecular weight excluding hydrogens is 250 g/mol. The van der Waals surface area contributed by atoms with Crippen LogP contribution in [-0.2, 0) is 4.79 Å². The molecule has 0 bridgehead atoms. The zero-order chi connectivity index (χ0) is 13.8. The van der Waals surface area contributed by atoms with Gasteiger partial charge in [-0.25, -0.2) is 0 Å². The fraction of sp³-hybridized carbons (Fsp3) is 0.938. The summed E-state index contributed by atoms with van der Waals surface area (Å²) in [6, 6.07) is 0.912. The van der Waals surface area contributed by atoms with Gasteiger partial charge in [0.25, 0.3) is 0 Å². The Bertz CT molecular complexity index is 322. The number of nitrogens with one attached hydrogen (secondary N) is 2. The standard InChI is InChI=1S/C16H29N3O/c20-16(15-8-3-9-17-15)18-11-13-5-4-10-19(12-13)14-6-1-2-7-14/h13-15,17H,1-12H2,(H,18,20)/t13-,15-/m0/s1. The van der Waals surface area contributed by atoms with Crippen LogP contribution in [0.5, 0.6) is 0 Å². The highest BCUT2D eigenvalue weighted by molar-refractivity contribution is 5.81. The van der Waals surface area contributed by atoms with Gasteiger partial charge in [-0.05, 0) is 57.5 Å². The molecule has 0 aromatic rings. The van der Waals surface area contributed by atoms with E-state index in [0.29, 0.717) is 5.92 Å². The van der Waals surface area contributed by atoms with Crippen molar-refractivity contribution in [2.45, 2.75) is 63.5 Å². The maximum absolute atomic E-state index is 12.0. The van der Waals surface area contributed by atoms with Crippen molar-refractivity contribution in [3.8, 4) is 0 Å². The molecule has 0 spiro atoms. The van der Waals surface area contributed by atoms with E-state index >= 15 is 0 Å². The predicted molar refractivity (Wildman–Crippen MR) is 80.6 cm³/mol. The van der Waals surface area contributed by atoms with Crippen molar-refractivity contribution in [3.63, 3.8) is 0 Å². The Labute approximate surface area is 122 Å². The van der Waals surface area contributed by atoms with Gasteiger partial charge >= 0.3 is 0 Å². The number of piperidine rings is 1. The highest BCUT2D eigenvalue weighted by Crippen LogP contribution is 2.27. The Kier molecular flexibility index (Phi) is 4.94. The van der Waals surface area contributed by atoms with Crippen LogP contribution in [-0.4, -0.2) is 49.1 Å². The first-order chi connectivity index (χ1) is 9.83. The van der Waals surface area contributed by atoms with Crippen LogP contribution in [0.25, 0.3) is 0 Å². The smallest absolute Gasteiger partial charge is 0.237 e. The molecule has 2 saturated heterocycles. The Morgan fingerprint density at radius 2 is 1.95 bits per heavy atom. The van der Waals surface area contributed by atoms with E-state index in [0.717, 1.165) is 32.0 Å². The van der Waals surface area contributed by atoms with E-state index in [-0.39, 0.29) is 11.9 Å².